The third kappa shape index (κ3) is 10.2. The van der Waals surface area contributed by atoms with Gasteiger partial charge in [0.25, 0.3) is 0 Å². The van der Waals surface area contributed by atoms with Crippen molar-refractivity contribution in [2.24, 2.45) is 0 Å². The van der Waals surface area contributed by atoms with Gasteiger partial charge in [-0.2, -0.15) is 13.2 Å². The summed E-state index contributed by atoms with van der Waals surface area (Å²) in [6.45, 7) is 0.877. The van der Waals surface area contributed by atoms with Gasteiger partial charge in [0, 0.05) is 25.9 Å². The van der Waals surface area contributed by atoms with Crippen LogP contribution in [0.2, 0.25) is 5.02 Å². The maximum absolute atomic E-state index is 13.0. The van der Waals surface area contributed by atoms with E-state index in [1.54, 1.807) is 24.3 Å². The van der Waals surface area contributed by atoms with E-state index in [1.165, 1.54) is 13.2 Å². The quantitative estimate of drug-likeness (QED) is 0.234. The highest BCUT2D eigenvalue weighted by Crippen LogP contribution is 2.36. The number of halogens is 4. The molecule has 0 fully saturated rings. The van der Waals surface area contributed by atoms with Crippen LogP contribution < -0.4 is 18.9 Å². The first-order chi connectivity index (χ1) is 18.6. The van der Waals surface area contributed by atoms with Crippen LogP contribution in [0.1, 0.15) is 17.5 Å². The Bertz CT molecular complexity index is 1310. The van der Waals surface area contributed by atoms with Crippen molar-refractivity contribution >= 4 is 21.6 Å². The monoisotopic (exact) mass is 588 g/mol. The molecule has 0 aliphatic carbocycles. The molecular formula is C26H28ClF3N2O6S. The normalized spacial score (nSPS) is 11.8. The fourth-order valence-electron chi connectivity index (χ4n) is 3.34. The molecule has 0 aliphatic heterocycles. The minimum Gasteiger partial charge on any atom is -0.492 e. The van der Waals surface area contributed by atoms with Crippen molar-refractivity contribution in [2.75, 3.05) is 39.2 Å². The molecule has 0 spiro atoms. The molecule has 0 unspecified atom stereocenters. The van der Waals surface area contributed by atoms with E-state index in [0.717, 1.165) is 6.07 Å². The van der Waals surface area contributed by atoms with Gasteiger partial charge in [-0.15, -0.1) is 0 Å². The molecule has 3 aromatic rings. The largest absolute Gasteiger partial charge is 0.492 e. The fraction of sp³-hybridized carbons (Fsp3) is 0.346. The maximum atomic E-state index is 13.0. The Kier molecular flexibility index (Phi) is 11.2. The predicted octanol–water partition coefficient (Wildman–Crippen LogP) is 5.50. The average Bonchev–Trinajstić information content (AvgIpc) is 2.89. The summed E-state index contributed by atoms with van der Waals surface area (Å²) < 4.78 is 88.1. The average molecular weight is 589 g/mol. The molecule has 212 valence electrons. The maximum Gasteiger partial charge on any atom is 0.417 e. The van der Waals surface area contributed by atoms with Crippen LogP contribution in [0.5, 0.6) is 23.1 Å². The molecule has 3 rings (SSSR count). The predicted molar refractivity (Wildman–Crippen MR) is 140 cm³/mol. The van der Waals surface area contributed by atoms with Crippen LogP contribution >= 0.6 is 11.6 Å². The van der Waals surface area contributed by atoms with Crippen LogP contribution in [-0.2, 0) is 27.4 Å². The van der Waals surface area contributed by atoms with E-state index in [0.29, 0.717) is 29.9 Å². The number of benzene rings is 2. The van der Waals surface area contributed by atoms with E-state index in [2.05, 4.69) is 9.71 Å². The molecule has 39 heavy (non-hydrogen) atoms. The Hall–Kier alpha value is -3.06. The second-order valence-corrected chi connectivity index (χ2v) is 10.5. The number of nitrogens with zero attached hydrogens (tertiary/aromatic N) is 1. The van der Waals surface area contributed by atoms with Gasteiger partial charge in [0.15, 0.2) is 0 Å². The van der Waals surface area contributed by atoms with Crippen molar-refractivity contribution in [1.29, 1.82) is 0 Å². The summed E-state index contributed by atoms with van der Waals surface area (Å²) in [6, 6.07) is 14.6. The van der Waals surface area contributed by atoms with E-state index < -0.39 is 21.8 Å². The lowest BCUT2D eigenvalue weighted by atomic mass is 10.1. The second-order valence-electron chi connectivity index (χ2n) is 8.20. The summed E-state index contributed by atoms with van der Waals surface area (Å²) in [6.07, 6.45) is -3.46. The van der Waals surface area contributed by atoms with E-state index in [1.807, 2.05) is 18.2 Å². The topological polar surface area (TPSA) is 96.0 Å². The molecule has 8 nitrogen and oxygen atoms in total. The molecule has 2 aromatic carbocycles. The van der Waals surface area contributed by atoms with Crippen molar-refractivity contribution in [1.82, 2.24) is 9.71 Å². The molecule has 0 amide bonds. The Balaban J connectivity index is 1.63. The van der Waals surface area contributed by atoms with Gasteiger partial charge in [0.05, 0.1) is 17.9 Å². The number of methoxy groups -OCH3 is 1. The number of hydrogen-bond donors (Lipinski definition) is 1. The van der Waals surface area contributed by atoms with Gasteiger partial charge in [0.1, 0.15) is 35.5 Å². The number of para-hydroxylation sites is 1. The van der Waals surface area contributed by atoms with Crippen molar-refractivity contribution in [3.8, 4) is 23.1 Å². The number of rotatable bonds is 15. The number of ether oxygens (including phenoxy) is 4. The Morgan fingerprint density at radius 2 is 1.72 bits per heavy atom. The lowest BCUT2D eigenvalue weighted by molar-refractivity contribution is -0.137. The first-order valence-corrected chi connectivity index (χ1v) is 13.9. The molecular weight excluding hydrogens is 561 g/mol. The number of pyridine rings is 1. The number of aromatic nitrogens is 1. The van der Waals surface area contributed by atoms with Crippen molar-refractivity contribution in [3.05, 3.63) is 76.9 Å². The summed E-state index contributed by atoms with van der Waals surface area (Å²) in [5.74, 6) is 0.889. The fourth-order valence-corrected chi connectivity index (χ4v) is 4.60. The van der Waals surface area contributed by atoms with Gasteiger partial charge in [-0.05, 0) is 42.7 Å². The van der Waals surface area contributed by atoms with Gasteiger partial charge in [-0.3, -0.25) is 0 Å². The summed E-state index contributed by atoms with van der Waals surface area (Å²) in [5, 5.41) is -0.328. The number of sulfonamides is 1. The van der Waals surface area contributed by atoms with E-state index in [9.17, 15) is 21.6 Å². The molecule has 0 atom stereocenters. The summed E-state index contributed by atoms with van der Waals surface area (Å²) >= 11 is 6.01. The summed E-state index contributed by atoms with van der Waals surface area (Å²) in [7, 11) is -2.05. The third-order valence-electron chi connectivity index (χ3n) is 5.23. The Morgan fingerprint density at radius 1 is 0.974 bits per heavy atom. The molecule has 0 saturated heterocycles. The van der Waals surface area contributed by atoms with Crippen LogP contribution in [0, 0.1) is 0 Å². The summed E-state index contributed by atoms with van der Waals surface area (Å²) in [5.41, 5.74) is -0.418. The zero-order valence-corrected chi connectivity index (χ0v) is 22.6. The minimum atomic E-state index is -4.61. The highest BCUT2D eigenvalue weighted by atomic mass is 35.5. The second kappa shape index (κ2) is 14.4. The van der Waals surface area contributed by atoms with Gasteiger partial charge >= 0.3 is 6.18 Å². The van der Waals surface area contributed by atoms with Gasteiger partial charge < -0.3 is 18.9 Å². The molecule has 1 aromatic heterocycles. The van der Waals surface area contributed by atoms with E-state index in [-0.39, 0.29) is 55.0 Å². The lowest BCUT2D eigenvalue weighted by Gasteiger charge is -2.15. The number of hydrogen-bond acceptors (Lipinski definition) is 7. The molecule has 1 N–H and O–H groups in total. The first kappa shape index (κ1) is 30.5. The Labute approximate surface area is 230 Å². The molecule has 0 aliphatic rings. The number of alkyl halides is 3. The Morgan fingerprint density at radius 3 is 2.41 bits per heavy atom. The van der Waals surface area contributed by atoms with Crippen LogP contribution in [-0.4, -0.2) is 52.6 Å². The van der Waals surface area contributed by atoms with Crippen molar-refractivity contribution < 1.29 is 40.5 Å². The zero-order valence-electron chi connectivity index (χ0n) is 21.0. The highest BCUT2D eigenvalue weighted by Gasteiger charge is 2.32. The molecule has 0 bridgehead atoms. The smallest absolute Gasteiger partial charge is 0.417 e. The molecule has 0 saturated carbocycles. The number of aryl methyl sites for hydroxylation is 1. The number of nitrogens with one attached hydrogen (secondary N) is 1. The van der Waals surface area contributed by atoms with Crippen LogP contribution in [0.4, 0.5) is 13.2 Å². The SMILES string of the molecule is COCCOc1ccc(CCCS(=O)(=O)NCCOc2ccccc2)c(Oc2ncc(C(F)(F)F)cc2Cl)c1. The standard InChI is InChI=1S/C26H28ClF3N2O6S/c1-35-13-14-37-22-10-9-19(24(17-22)38-25-23(27)16-20(18-31-25)26(28,29)30)6-5-15-39(33,34)32-11-12-36-21-7-3-2-4-8-21/h2-4,7-10,16-18,32H,5-6,11-15H2,1H3. The molecule has 0 radical (unpaired) electrons. The molecule has 13 heteroatoms. The van der Waals surface area contributed by atoms with Crippen LogP contribution in [0.15, 0.2) is 60.8 Å². The highest BCUT2D eigenvalue weighted by molar-refractivity contribution is 7.89. The van der Waals surface area contributed by atoms with E-state index in [4.69, 9.17) is 30.5 Å². The third-order valence-corrected chi connectivity index (χ3v) is 6.97. The molecule has 1 heterocycles. The van der Waals surface area contributed by atoms with Gasteiger partial charge in [0.2, 0.25) is 15.9 Å². The van der Waals surface area contributed by atoms with Crippen LogP contribution in [0.25, 0.3) is 0 Å². The minimum absolute atomic E-state index is 0.108. The lowest BCUT2D eigenvalue weighted by Crippen LogP contribution is -2.30. The van der Waals surface area contributed by atoms with Gasteiger partial charge in [-0.1, -0.05) is 35.9 Å². The first-order valence-electron chi connectivity index (χ1n) is 11.9. The summed E-state index contributed by atoms with van der Waals surface area (Å²) in [4.78, 5) is 3.72. The van der Waals surface area contributed by atoms with E-state index >= 15 is 0 Å². The van der Waals surface area contributed by atoms with Crippen molar-refractivity contribution in [2.45, 2.75) is 19.0 Å². The van der Waals surface area contributed by atoms with Crippen molar-refractivity contribution in [3.63, 3.8) is 0 Å². The van der Waals surface area contributed by atoms with Gasteiger partial charge in [-0.25, -0.2) is 18.1 Å². The van der Waals surface area contributed by atoms with Crippen LogP contribution in [0.3, 0.4) is 0 Å². The zero-order chi connectivity index (χ0) is 28.3.